The van der Waals surface area contributed by atoms with Gasteiger partial charge in [0, 0.05) is 13.1 Å². The van der Waals surface area contributed by atoms with E-state index in [1.165, 1.54) is 11.1 Å². The van der Waals surface area contributed by atoms with Crippen LogP contribution >= 0.6 is 0 Å². The first kappa shape index (κ1) is 14.1. The molecule has 1 saturated heterocycles. The lowest BCUT2D eigenvalue weighted by Gasteiger charge is -2.15. The molecule has 1 aliphatic heterocycles. The van der Waals surface area contributed by atoms with E-state index in [4.69, 9.17) is 0 Å². The quantitative estimate of drug-likeness (QED) is 0.873. The summed E-state index contributed by atoms with van der Waals surface area (Å²) in [6.07, 6.45) is 3.14. The largest absolute Gasteiger partial charge is 0.355 e. The number of nitrogens with one attached hydrogen (secondary N) is 2. The van der Waals surface area contributed by atoms with Gasteiger partial charge in [0.15, 0.2) is 0 Å². The van der Waals surface area contributed by atoms with Crippen molar-refractivity contribution in [2.24, 2.45) is 0 Å². The van der Waals surface area contributed by atoms with Gasteiger partial charge < -0.3 is 10.6 Å². The highest BCUT2D eigenvalue weighted by atomic mass is 16.2. The highest BCUT2D eigenvalue weighted by Crippen LogP contribution is 2.15. The van der Waals surface area contributed by atoms with E-state index in [2.05, 4.69) is 48.7 Å². The van der Waals surface area contributed by atoms with Crippen molar-refractivity contribution in [2.45, 2.75) is 51.6 Å². The summed E-state index contributed by atoms with van der Waals surface area (Å²) in [4.78, 5) is 11.8. The van der Waals surface area contributed by atoms with Crippen LogP contribution in [0.5, 0.6) is 0 Å². The first-order valence-corrected chi connectivity index (χ1v) is 7.27. The minimum absolute atomic E-state index is 0.0349. The van der Waals surface area contributed by atoms with Crippen molar-refractivity contribution in [1.82, 2.24) is 10.6 Å². The Morgan fingerprint density at radius 1 is 1.26 bits per heavy atom. The zero-order valence-corrected chi connectivity index (χ0v) is 11.9. The van der Waals surface area contributed by atoms with Gasteiger partial charge in [-0.15, -0.1) is 0 Å². The molecule has 3 nitrogen and oxygen atoms in total. The molecule has 0 aliphatic carbocycles. The highest BCUT2D eigenvalue weighted by molar-refractivity contribution is 5.81. The fraction of sp³-hybridized carbons (Fsp3) is 0.562. The number of hydrogen-bond donors (Lipinski definition) is 2. The van der Waals surface area contributed by atoms with E-state index >= 15 is 0 Å². The van der Waals surface area contributed by atoms with E-state index in [0.29, 0.717) is 5.92 Å². The average molecular weight is 260 g/mol. The summed E-state index contributed by atoms with van der Waals surface area (Å²) < 4.78 is 0. The summed E-state index contributed by atoms with van der Waals surface area (Å²) in [5.74, 6) is 0.714. The second-order valence-corrected chi connectivity index (χ2v) is 5.62. The Kier molecular flexibility index (Phi) is 4.97. The SMILES string of the molecule is CC(C)c1ccc(CNC2CCCCNC2=O)cc1. The van der Waals surface area contributed by atoms with E-state index in [0.717, 1.165) is 32.4 Å². The lowest BCUT2D eigenvalue weighted by molar-refractivity contribution is -0.122. The van der Waals surface area contributed by atoms with Crippen molar-refractivity contribution < 1.29 is 4.79 Å². The summed E-state index contributed by atoms with van der Waals surface area (Å²) in [7, 11) is 0. The monoisotopic (exact) mass is 260 g/mol. The lowest BCUT2D eigenvalue weighted by atomic mass is 10.0. The van der Waals surface area contributed by atoms with E-state index in [1.54, 1.807) is 0 Å². The van der Waals surface area contributed by atoms with Gasteiger partial charge in [0.1, 0.15) is 0 Å². The Hall–Kier alpha value is -1.35. The zero-order valence-electron chi connectivity index (χ0n) is 11.9. The normalized spacial score (nSPS) is 20.2. The van der Waals surface area contributed by atoms with Crippen LogP contribution in [0.1, 0.15) is 50.2 Å². The molecule has 2 N–H and O–H groups in total. The minimum atomic E-state index is -0.0349. The van der Waals surface area contributed by atoms with Crippen LogP contribution in [0.2, 0.25) is 0 Å². The summed E-state index contributed by atoms with van der Waals surface area (Å²) in [5.41, 5.74) is 2.59. The second kappa shape index (κ2) is 6.71. The van der Waals surface area contributed by atoms with Gasteiger partial charge >= 0.3 is 0 Å². The van der Waals surface area contributed by atoms with E-state index in [-0.39, 0.29) is 11.9 Å². The summed E-state index contributed by atoms with van der Waals surface area (Å²) >= 11 is 0. The van der Waals surface area contributed by atoms with Crippen LogP contribution in [0.4, 0.5) is 0 Å². The molecule has 1 heterocycles. The molecule has 1 aromatic carbocycles. The van der Waals surface area contributed by atoms with Gasteiger partial charge in [0.25, 0.3) is 0 Å². The topological polar surface area (TPSA) is 41.1 Å². The molecule has 1 atom stereocenters. The maximum Gasteiger partial charge on any atom is 0.237 e. The number of hydrogen-bond acceptors (Lipinski definition) is 2. The van der Waals surface area contributed by atoms with Gasteiger partial charge in [-0.3, -0.25) is 4.79 Å². The van der Waals surface area contributed by atoms with Crippen LogP contribution in [0.3, 0.4) is 0 Å². The maximum atomic E-state index is 11.8. The lowest BCUT2D eigenvalue weighted by Crippen LogP contribution is -2.42. The minimum Gasteiger partial charge on any atom is -0.355 e. The van der Waals surface area contributed by atoms with Crippen molar-refractivity contribution in [3.63, 3.8) is 0 Å². The van der Waals surface area contributed by atoms with Crippen molar-refractivity contribution in [1.29, 1.82) is 0 Å². The number of carbonyl (C=O) groups excluding carboxylic acids is 1. The molecule has 19 heavy (non-hydrogen) atoms. The number of amides is 1. The molecule has 1 unspecified atom stereocenters. The van der Waals surface area contributed by atoms with E-state index in [9.17, 15) is 4.79 Å². The average Bonchev–Trinajstić information content (AvgIpc) is 2.61. The zero-order chi connectivity index (χ0) is 13.7. The van der Waals surface area contributed by atoms with Crippen LogP contribution in [-0.4, -0.2) is 18.5 Å². The third-order valence-corrected chi connectivity index (χ3v) is 3.73. The van der Waals surface area contributed by atoms with Crippen LogP contribution in [0, 0.1) is 0 Å². The van der Waals surface area contributed by atoms with E-state index < -0.39 is 0 Å². The molecule has 1 aromatic rings. The molecule has 1 fully saturated rings. The van der Waals surface area contributed by atoms with Crippen molar-refractivity contribution in [2.75, 3.05) is 6.54 Å². The van der Waals surface area contributed by atoms with Gasteiger partial charge in [-0.05, 0) is 36.3 Å². The van der Waals surface area contributed by atoms with Gasteiger partial charge in [-0.1, -0.05) is 38.1 Å². The fourth-order valence-corrected chi connectivity index (χ4v) is 2.40. The van der Waals surface area contributed by atoms with E-state index in [1.807, 2.05) is 0 Å². The summed E-state index contributed by atoms with van der Waals surface area (Å²) in [6.45, 7) is 5.98. The van der Waals surface area contributed by atoms with Crippen LogP contribution in [-0.2, 0) is 11.3 Å². The molecule has 2 rings (SSSR count). The Bertz CT molecular complexity index is 411. The van der Waals surface area contributed by atoms with Crippen LogP contribution in [0.25, 0.3) is 0 Å². The van der Waals surface area contributed by atoms with Crippen molar-refractivity contribution >= 4 is 5.91 Å². The fourth-order valence-electron chi connectivity index (χ4n) is 2.40. The van der Waals surface area contributed by atoms with Crippen molar-refractivity contribution in [3.05, 3.63) is 35.4 Å². The molecule has 0 radical (unpaired) electrons. The molecule has 0 bridgehead atoms. The molecule has 104 valence electrons. The molecular formula is C16H24N2O. The molecule has 1 aliphatic rings. The van der Waals surface area contributed by atoms with Crippen LogP contribution < -0.4 is 10.6 Å². The standard InChI is InChI=1S/C16H24N2O/c1-12(2)14-8-6-13(7-9-14)11-18-15-5-3-4-10-17-16(15)19/h6-9,12,15,18H,3-5,10-11H2,1-2H3,(H,17,19). The molecule has 0 aromatic heterocycles. The third kappa shape index (κ3) is 4.06. The molecule has 0 spiro atoms. The Labute approximate surface area is 115 Å². The van der Waals surface area contributed by atoms with Gasteiger partial charge in [0.2, 0.25) is 5.91 Å². The van der Waals surface area contributed by atoms with Gasteiger partial charge in [-0.2, -0.15) is 0 Å². The molecular weight excluding hydrogens is 236 g/mol. The Balaban J connectivity index is 1.88. The molecule has 0 saturated carbocycles. The third-order valence-electron chi connectivity index (χ3n) is 3.73. The van der Waals surface area contributed by atoms with Gasteiger partial charge in [0.05, 0.1) is 6.04 Å². The first-order valence-electron chi connectivity index (χ1n) is 7.27. The molecule has 3 heteroatoms. The predicted octanol–water partition coefficient (Wildman–Crippen LogP) is 2.57. The summed E-state index contributed by atoms with van der Waals surface area (Å²) in [6, 6.07) is 8.62. The smallest absolute Gasteiger partial charge is 0.237 e. The highest BCUT2D eigenvalue weighted by Gasteiger charge is 2.19. The molecule has 1 amide bonds. The first-order chi connectivity index (χ1) is 9.16. The number of carbonyl (C=O) groups is 1. The maximum absolute atomic E-state index is 11.8. The Morgan fingerprint density at radius 2 is 2.00 bits per heavy atom. The van der Waals surface area contributed by atoms with Crippen LogP contribution in [0.15, 0.2) is 24.3 Å². The van der Waals surface area contributed by atoms with Crippen molar-refractivity contribution in [3.8, 4) is 0 Å². The Morgan fingerprint density at radius 3 is 2.68 bits per heavy atom. The predicted molar refractivity (Wildman–Crippen MR) is 78.0 cm³/mol. The number of benzene rings is 1. The van der Waals surface area contributed by atoms with Gasteiger partial charge in [-0.25, -0.2) is 0 Å². The number of rotatable bonds is 4. The summed E-state index contributed by atoms with van der Waals surface area (Å²) in [5, 5.41) is 6.32. The second-order valence-electron chi connectivity index (χ2n) is 5.62.